The lowest BCUT2D eigenvalue weighted by atomic mass is 10.1. The Morgan fingerprint density at radius 2 is 1.84 bits per heavy atom. The third-order valence-corrected chi connectivity index (χ3v) is 3.45. The number of benzene rings is 2. The second-order valence-electron chi connectivity index (χ2n) is 4.53. The number of anilines is 1. The van der Waals surface area contributed by atoms with Crippen molar-refractivity contribution in [2.24, 2.45) is 0 Å². The lowest BCUT2D eigenvalue weighted by Crippen LogP contribution is -1.94. The highest BCUT2D eigenvalue weighted by molar-refractivity contribution is 6.33. The van der Waals surface area contributed by atoms with Gasteiger partial charge >= 0.3 is 0 Å². The number of fused-ring (bicyclic) bond motifs is 1. The molecule has 3 heteroatoms. The van der Waals surface area contributed by atoms with Crippen molar-refractivity contribution in [3.05, 3.63) is 70.9 Å². The number of hydrogen-bond donors (Lipinski definition) is 1. The molecule has 1 heterocycles. The number of nitrogens with two attached hydrogens (primary N) is 1. The third-order valence-electron chi connectivity index (χ3n) is 3.10. The third kappa shape index (κ3) is 2.54. The van der Waals surface area contributed by atoms with E-state index in [0.29, 0.717) is 10.7 Å². The van der Waals surface area contributed by atoms with Gasteiger partial charge in [0.15, 0.2) is 0 Å². The molecule has 2 N–H and O–H groups in total. The molecule has 19 heavy (non-hydrogen) atoms. The van der Waals surface area contributed by atoms with Crippen LogP contribution in [0.2, 0.25) is 5.02 Å². The maximum Gasteiger partial charge on any atom is 0.0705 e. The fraction of sp³-hybridized carbons (Fsp3) is 0.0625. The predicted molar refractivity (Wildman–Crippen MR) is 80.4 cm³/mol. The molecule has 3 rings (SSSR count). The summed E-state index contributed by atoms with van der Waals surface area (Å²) in [5.74, 6) is 0. The molecule has 0 aliphatic heterocycles. The Balaban J connectivity index is 1.94. The van der Waals surface area contributed by atoms with Gasteiger partial charge in [0.25, 0.3) is 0 Å². The lowest BCUT2D eigenvalue weighted by molar-refractivity contribution is 1.10. The molecule has 0 aliphatic carbocycles. The van der Waals surface area contributed by atoms with Gasteiger partial charge in [-0.15, -0.1) is 0 Å². The first kappa shape index (κ1) is 12.0. The standard InChI is InChI=1S/C16H13ClN2/c17-14-8-5-11(10-15(14)18)9-13-7-6-12-3-1-2-4-16(12)19-13/h1-8,10H,9,18H2. The smallest absolute Gasteiger partial charge is 0.0705 e. The summed E-state index contributed by atoms with van der Waals surface area (Å²) in [6.07, 6.45) is 0.756. The summed E-state index contributed by atoms with van der Waals surface area (Å²) in [4.78, 5) is 4.65. The maximum atomic E-state index is 5.92. The van der Waals surface area contributed by atoms with Crippen molar-refractivity contribution >= 4 is 28.2 Å². The van der Waals surface area contributed by atoms with Gasteiger partial charge in [-0.05, 0) is 29.8 Å². The Labute approximate surface area is 116 Å². The maximum absolute atomic E-state index is 5.92. The molecule has 0 bridgehead atoms. The van der Waals surface area contributed by atoms with Crippen LogP contribution >= 0.6 is 11.6 Å². The predicted octanol–water partition coefficient (Wildman–Crippen LogP) is 4.06. The van der Waals surface area contributed by atoms with E-state index in [1.165, 1.54) is 0 Å². The van der Waals surface area contributed by atoms with E-state index >= 15 is 0 Å². The fourth-order valence-electron chi connectivity index (χ4n) is 2.12. The average molecular weight is 269 g/mol. The minimum atomic E-state index is 0.593. The number of para-hydroxylation sites is 1. The number of hydrogen-bond acceptors (Lipinski definition) is 2. The Morgan fingerprint density at radius 3 is 2.68 bits per heavy atom. The molecule has 0 fully saturated rings. The summed E-state index contributed by atoms with van der Waals surface area (Å²) >= 11 is 5.92. The van der Waals surface area contributed by atoms with Gasteiger partial charge in [0.05, 0.1) is 16.2 Å². The topological polar surface area (TPSA) is 38.9 Å². The summed E-state index contributed by atoms with van der Waals surface area (Å²) in [7, 11) is 0. The SMILES string of the molecule is Nc1cc(Cc2ccc3ccccc3n2)ccc1Cl. The highest BCUT2D eigenvalue weighted by Crippen LogP contribution is 2.21. The van der Waals surface area contributed by atoms with E-state index < -0.39 is 0 Å². The zero-order valence-corrected chi connectivity index (χ0v) is 11.1. The van der Waals surface area contributed by atoms with E-state index in [1.54, 1.807) is 0 Å². The van der Waals surface area contributed by atoms with Gasteiger partial charge in [0.2, 0.25) is 0 Å². The Bertz CT molecular complexity index is 738. The summed E-state index contributed by atoms with van der Waals surface area (Å²) < 4.78 is 0. The second kappa shape index (κ2) is 4.90. The van der Waals surface area contributed by atoms with Gasteiger partial charge in [-0.1, -0.05) is 41.9 Å². The van der Waals surface area contributed by atoms with Crippen molar-refractivity contribution in [1.82, 2.24) is 4.98 Å². The second-order valence-corrected chi connectivity index (χ2v) is 4.94. The Morgan fingerprint density at radius 1 is 1.00 bits per heavy atom. The van der Waals surface area contributed by atoms with Gasteiger partial charge in [0, 0.05) is 17.5 Å². The highest BCUT2D eigenvalue weighted by Gasteiger charge is 2.02. The Hall–Kier alpha value is -2.06. The molecule has 0 amide bonds. The van der Waals surface area contributed by atoms with Crippen LogP contribution in [-0.4, -0.2) is 4.98 Å². The van der Waals surface area contributed by atoms with E-state index in [4.69, 9.17) is 17.3 Å². The van der Waals surface area contributed by atoms with Gasteiger partial charge in [-0.2, -0.15) is 0 Å². The van der Waals surface area contributed by atoms with Crippen molar-refractivity contribution < 1.29 is 0 Å². The zero-order chi connectivity index (χ0) is 13.2. The van der Waals surface area contributed by atoms with Crippen LogP contribution in [-0.2, 0) is 6.42 Å². The number of pyridine rings is 1. The number of nitrogen functional groups attached to an aromatic ring is 1. The van der Waals surface area contributed by atoms with Gasteiger partial charge < -0.3 is 5.73 Å². The average Bonchev–Trinajstić information content (AvgIpc) is 2.43. The van der Waals surface area contributed by atoms with E-state index in [-0.39, 0.29) is 0 Å². The van der Waals surface area contributed by atoms with Crippen LogP contribution < -0.4 is 5.73 Å². The molecule has 3 aromatic rings. The molecular weight excluding hydrogens is 256 g/mol. The molecule has 0 unspecified atom stereocenters. The molecule has 0 saturated carbocycles. The van der Waals surface area contributed by atoms with Crippen molar-refractivity contribution in [1.29, 1.82) is 0 Å². The minimum Gasteiger partial charge on any atom is -0.398 e. The number of halogens is 1. The number of rotatable bonds is 2. The summed E-state index contributed by atoms with van der Waals surface area (Å²) in [6, 6.07) is 18.0. The van der Waals surface area contributed by atoms with Crippen molar-refractivity contribution in [2.75, 3.05) is 5.73 Å². The van der Waals surface area contributed by atoms with Crippen molar-refractivity contribution in [2.45, 2.75) is 6.42 Å². The van der Waals surface area contributed by atoms with Gasteiger partial charge in [-0.25, -0.2) is 0 Å². The highest BCUT2D eigenvalue weighted by atomic mass is 35.5. The molecule has 0 aliphatic rings. The molecule has 2 aromatic carbocycles. The van der Waals surface area contributed by atoms with Gasteiger partial charge in [0.1, 0.15) is 0 Å². The van der Waals surface area contributed by atoms with E-state index in [1.807, 2.05) is 42.5 Å². The van der Waals surface area contributed by atoms with Crippen LogP contribution in [0.1, 0.15) is 11.3 Å². The van der Waals surface area contributed by atoms with Crippen LogP contribution in [0, 0.1) is 0 Å². The molecule has 0 atom stereocenters. The Kier molecular flexibility index (Phi) is 3.10. The molecule has 0 saturated heterocycles. The largest absolute Gasteiger partial charge is 0.398 e. The molecule has 0 spiro atoms. The summed E-state index contributed by atoms with van der Waals surface area (Å²) in [6.45, 7) is 0. The van der Waals surface area contributed by atoms with Crippen molar-refractivity contribution in [3.63, 3.8) is 0 Å². The molecular formula is C16H13ClN2. The number of nitrogens with zero attached hydrogens (tertiary/aromatic N) is 1. The van der Waals surface area contributed by atoms with E-state index in [9.17, 15) is 0 Å². The minimum absolute atomic E-state index is 0.593. The quantitative estimate of drug-likeness (QED) is 0.712. The first-order chi connectivity index (χ1) is 9.22. The first-order valence-corrected chi connectivity index (χ1v) is 6.49. The van der Waals surface area contributed by atoms with Crippen LogP contribution in [0.3, 0.4) is 0 Å². The van der Waals surface area contributed by atoms with Crippen LogP contribution in [0.25, 0.3) is 10.9 Å². The molecule has 2 nitrogen and oxygen atoms in total. The molecule has 0 radical (unpaired) electrons. The van der Waals surface area contributed by atoms with E-state index in [0.717, 1.165) is 28.6 Å². The summed E-state index contributed by atoms with van der Waals surface area (Å²) in [5, 5.41) is 1.75. The van der Waals surface area contributed by atoms with Crippen LogP contribution in [0.15, 0.2) is 54.6 Å². The van der Waals surface area contributed by atoms with Crippen LogP contribution in [0.4, 0.5) is 5.69 Å². The lowest BCUT2D eigenvalue weighted by Gasteiger charge is -2.05. The monoisotopic (exact) mass is 268 g/mol. The molecule has 1 aromatic heterocycles. The first-order valence-electron chi connectivity index (χ1n) is 6.11. The molecule has 94 valence electrons. The normalized spacial score (nSPS) is 10.8. The van der Waals surface area contributed by atoms with Crippen LogP contribution in [0.5, 0.6) is 0 Å². The zero-order valence-electron chi connectivity index (χ0n) is 10.3. The van der Waals surface area contributed by atoms with E-state index in [2.05, 4.69) is 17.1 Å². The van der Waals surface area contributed by atoms with Crippen molar-refractivity contribution in [3.8, 4) is 0 Å². The summed E-state index contributed by atoms with van der Waals surface area (Å²) in [5.41, 5.74) is 9.58. The fourth-order valence-corrected chi connectivity index (χ4v) is 2.24. The number of aromatic nitrogens is 1. The van der Waals surface area contributed by atoms with Gasteiger partial charge in [-0.3, -0.25) is 4.98 Å².